The van der Waals surface area contributed by atoms with Gasteiger partial charge in [0, 0.05) is 37.6 Å². The maximum absolute atomic E-state index is 12.9. The van der Waals surface area contributed by atoms with Gasteiger partial charge in [-0.2, -0.15) is 0 Å². The summed E-state index contributed by atoms with van der Waals surface area (Å²) >= 11 is 0. The molecule has 0 bridgehead atoms. The van der Waals surface area contributed by atoms with Crippen molar-refractivity contribution in [2.24, 2.45) is 0 Å². The smallest absolute Gasteiger partial charge is 0.293 e. The van der Waals surface area contributed by atoms with Gasteiger partial charge < -0.3 is 9.72 Å². The fourth-order valence-corrected chi connectivity index (χ4v) is 3.68. The van der Waals surface area contributed by atoms with Crippen LogP contribution in [0.4, 0.5) is 11.4 Å². The molecule has 1 aliphatic rings. The number of para-hydroxylation sites is 1. The molecule has 1 fully saturated rings. The molecule has 2 aromatic carbocycles. The Balaban J connectivity index is 1.58. The summed E-state index contributed by atoms with van der Waals surface area (Å²) in [6.45, 7) is 4.57. The quantitative estimate of drug-likeness (QED) is 0.373. The van der Waals surface area contributed by atoms with E-state index in [9.17, 15) is 20.1 Å². The van der Waals surface area contributed by atoms with Gasteiger partial charge in [-0.15, -0.1) is 0 Å². The van der Waals surface area contributed by atoms with Gasteiger partial charge in [0.1, 0.15) is 5.52 Å². The normalized spacial score (nSPS) is 15.1. The predicted molar refractivity (Wildman–Crippen MR) is 110 cm³/mol. The zero-order valence-electron chi connectivity index (χ0n) is 15.8. The summed E-state index contributed by atoms with van der Waals surface area (Å²) in [6, 6.07) is 9.38. The molecule has 0 aliphatic carbocycles. The van der Waals surface area contributed by atoms with Crippen molar-refractivity contribution < 1.29 is 14.9 Å². The Morgan fingerprint density at radius 1 is 1.21 bits per heavy atom. The van der Waals surface area contributed by atoms with Gasteiger partial charge in [-0.3, -0.25) is 30.1 Å². The highest BCUT2D eigenvalue weighted by Gasteiger charge is 2.16. The number of nitro groups is 1. The number of benzene rings is 2. The van der Waals surface area contributed by atoms with Crippen LogP contribution in [0, 0.1) is 10.1 Å². The van der Waals surface area contributed by atoms with E-state index in [1.807, 2.05) is 0 Å². The number of nitrogens with one attached hydrogen (secondary N) is 1. The van der Waals surface area contributed by atoms with E-state index >= 15 is 0 Å². The summed E-state index contributed by atoms with van der Waals surface area (Å²) < 4.78 is 5.33. The largest absolute Gasteiger partial charge is 0.379 e. The molecule has 29 heavy (non-hydrogen) atoms. The summed E-state index contributed by atoms with van der Waals surface area (Å²) in [5, 5.41) is 23.4. The summed E-state index contributed by atoms with van der Waals surface area (Å²) in [5.74, 6) is 0. The Morgan fingerprint density at radius 3 is 2.76 bits per heavy atom. The maximum atomic E-state index is 12.9. The lowest BCUT2D eigenvalue weighted by atomic mass is 10.1. The SMILES string of the molecule is O=c1c2cc(N(O)CCCN3CCOCC3)ccc2[nH]c2c([N+](=O)[O-])cccc12. The molecule has 2 N–H and O–H groups in total. The maximum Gasteiger partial charge on any atom is 0.293 e. The second-order valence-corrected chi connectivity index (χ2v) is 7.07. The number of hydrogen-bond donors (Lipinski definition) is 2. The van der Waals surface area contributed by atoms with Crippen molar-refractivity contribution >= 4 is 33.2 Å². The van der Waals surface area contributed by atoms with Crippen LogP contribution in [0.1, 0.15) is 6.42 Å². The summed E-state index contributed by atoms with van der Waals surface area (Å²) in [4.78, 5) is 28.9. The monoisotopic (exact) mass is 398 g/mol. The Bertz CT molecular complexity index is 1110. The Labute approximate surface area is 166 Å². The van der Waals surface area contributed by atoms with E-state index in [2.05, 4.69) is 9.88 Å². The first-order valence-corrected chi connectivity index (χ1v) is 9.54. The fourth-order valence-electron chi connectivity index (χ4n) is 3.68. The number of aromatic amines is 1. The fraction of sp³-hybridized carbons (Fsp3) is 0.350. The highest BCUT2D eigenvalue weighted by atomic mass is 16.6. The average molecular weight is 398 g/mol. The van der Waals surface area contributed by atoms with Crippen LogP contribution >= 0.6 is 0 Å². The molecule has 0 unspecified atom stereocenters. The molecule has 1 aromatic heterocycles. The van der Waals surface area contributed by atoms with Crippen LogP contribution in [0.2, 0.25) is 0 Å². The van der Waals surface area contributed by atoms with Gasteiger partial charge >= 0.3 is 0 Å². The average Bonchev–Trinajstić information content (AvgIpc) is 2.74. The third-order valence-corrected chi connectivity index (χ3v) is 5.24. The lowest BCUT2D eigenvalue weighted by Crippen LogP contribution is -2.37. The van der Waals surface area contributed by atoms with Gasteiger partial charge in [0.2, 0.25) is 0 Å². The lowest BCUT2D eigenvalue weighted by Gasteiger charge is -2.27. The van der Waals surface area contributed by atoms with Crippen LogP contribution in [0.25, 0.3) is 21.8 Å². The second-order valence-electron chi connectivity index (χ2n) is 7.07. The molecule has 1 aliphatic heterocycles. The van der Waals surface area contributed by atoms with Gasteiger partial charge in [-0.25, -0.2) is 0 Å². The molecule has 4 rings (SSSR count). The van der Waals surface area contributed by atoms with Crippen molar-refractivity contribution in [3.63, 3.8) is 0 Å². The van der Waals surface area contributed by atoms with E-state index in [0.29, 0.717) is 23.1 Å². The van der Waals surface area contributed by atoms with Gasteiger partial charge in [0.05, 0.1) is 34.7 Å². The molecular weight excluding hydrogens is 376 g/mol. The van der Waals surface area contributed by atoms with Crippen molar-refractivity contribution in [2.75, 3.05) is 44.5 Å². The van der Waals surface area contributed by atoms with E-state index in [-0.39, 0.29) is 22.0 Å². The number of hydroxylamine groups is 1. The van der Waals surface area contributed by atoms with Crippen LogP contribution in [0.15, 0.2) is 41.2 Å². The first kappa shape index (κ1) is 19.3. The standard InChI is InChI=1S/C20H22N4O5/c25-20-15-3-1-4-18(24(27)28)19(15)21-17-6-5-14(13-16(17)20)23(26)8-2-7-22-9-11-29-12-10-22/h1,3-6,13,26H,2,7-12H2,(H,21,25). The zero-order valence-corrected chi connectivity index (χ0v) is 15.8. The third-order valence-electron chi connectivity index (χ3n) is 5.24. The number of nitrogens with zero attached hydrogens (tertiary/aromatic N) is 3. The number of hydrogen-bond acceptors (Lipinski definition) is 7. The van der Waals surface area contributed by atoms with Crippen LogP contribution in [-0.4, -0.2) is 59.4 Å². The van der Waals surface area contributed by atoms with E-state index in [1.54, 1.807) is 24.3 Å². The predicted octanol–water partition coefficient (Wildman–Crippen LogP) is 2.51. The molecule has 1 saturated heterocycles. The molecule has 9 nitrogen and oxygen atoms in total. The van der Waals surface area contributed by atoms with Gasteiger partial charge in [0.25, 0.3) is 5.69 Å². The summed E-state index contributed by atoms with van der Waals surface area (Å²) in [6.07, 6.45) is 0.773. The minimum Gasteiger partial charge on any atom is -0.379 e. The van der Waals surface area contributed by atoms with Crippen molar-refractivity contribution in [1.82, 2.24) is 9.88 Å². The number of H-pyrrole nitrogens is 1. The molecule has 0 amide bonds. The molecule has 0 radical (unpaired) electrons. The number of fused-ring (bicyclic) bond motifs is 2. The highest BCUT2D eigenvalue weighted by molar-refractivity contribution is 5.97. The topological polar surface area (TPSA) is 112 Å². The molecule has 152 valence electrons. The number of aromatic nitrogens is 1. The third kappa shape index (κ3) is 3.93. The van der Waals surface area contributed by atoms with Crippen LogP contribution < -0.4 is 10.5 Å². The number of rotatable bonds is 6. The number of morpholine rings is 1. The molecule has 3 aromatic rings. The molecule has 2 heterocycles. The van der Waals surface area contributed by atoms with E-state index < -0.39 is 4.92 Å². The number of nitro benzene ring substituents is 1. The van der Waals surface area contributed by atoms with Crippen LogP contribution in [-0.2, 0) is 4.74 Å². The van der Waals surface area contributed by atoms with Crippen molar-refractivity contribution in [2.45, 2.75) is 6.42 Å². The van der Waals surface area contributed by atoms with Crippen molar-refractivity contribution in [3.8, 4) is 0 Å². The van der Waals surface area contributed by atoms with Crippen molar-refractivity contribution in [1.29, 1.82) is 0 Å². The van der Waals surface area contributed by atoms with Gasteiger partial charge in [0.15, 0.2) is 5.43 Å². The first-order valence-electron chi connectivity index (χ1n) is 9.54. The highest BCUT2D eigenvalue weighted by Crippen LogP contribution is 2.25. The van der Waals surface area contributed by atoms with Gasteiger partial charge in [-0.05, 0) is 30.7 Å². The molecular formula is C20H22N4O5. The van der Waals surface area contributed by atoms with Crippen molar-refractivity contribution in [3.05, 3.63) is 56.7 Å². The molecule has 9 heteroatoms. The van der Waals surface area contributed by atoms with E-state index in [4.69, 9.17) is 4.74 Å². The molecule has 0 saturated carbocycles. The number of anilines is 1. The number of non-ortho nitro benzene ring substituents is 1. The van der Waals surface area contributed by atoms with Gasteiger partial charge in [-0.1, -0.05) is 6.07 Å². The lowest BCUT2D eigenvalue weighted by molar-refractivity contribution is -0.383. The second kappa shape index (κ2) is 8.16. The van der Waals surface area contributed by atoms with Crippen LogP contribution in [0.3, 0.4) is 0 Å². The van der Waals surface area contributed by atoms with Crippen LogP contribution in [0.5, 0.6) is 0 Å². The minimum atomic E-state index is -0.512. The Kier molecular flexibility index (Phi) is 5.43. The number of pyridine rings is 1. The Hall–Kier alpha value is -3.01. The molecule has 0 spiro atoms. The first-order chi connectivity index (χ1) is 14.0. The summed E-state index contributed by atoms with van der Waals surface area (Å²) in [7, 11) is 0. The zero-order chi connectivity index (χ0) is 20.4. The minimum absolute atomic E-state index is 0.141. The number of ether oxygens (including phenoxy) is 1. The van der Waals surface area contributed by atoms with E-state index in [0.717, 1.165) is 44.3 Å². The molecule has 0 atom stereocenters. The Morgan fingerprint density at radius 2 is 2.00 bits per heavy atom. The van der Waals surface area contributed by atoms with E-state index in [1.165, 1.54) is 12.1 Å². The summed E-state index contributed by atoms with van der Waals surface area (Å²) in [5.41, 5.74) is 0.754.